The molecule has 0 aliphatic heterocycles. The highest BCUT2D eigenvalue weighted by Gasteiger charge is 2.37. The lowest BCUT2D eigenvalue weighted by molar-refractivity contribution is -0.873. The minimum Gasteiger partial charge on any atom is -0.550 e. The number of quaternary nitrogens is 1. The summed E-state index contributed by atoms with van der Waals surface area (Å²) in [7, 11) is 5.68. The molecule has 13 nitrogen and oxygen atoms in total. The lowest BCUT2D eigenvalue weighted by atomic mass is 10.0. The van der Waals surface area contributed by atoms with Crippen LogP contribution in [0.4, 0.5) is 0 Å². The predicted molar refractivity (Wildman–Crippen MR) is 87.4 cm³/mol. The normalized spacial score (nSPS) is 16.4. The average Bonchev–Trinajstić information content (AvgIpc) is 2.49. The lowest BCUT2D eigenvalue weighted by Gasteiger charge is -2.28. The van der Waals surface area contributed by atoms with Crippen molar-refractivity contribution in [3.63, 3.8) is 0 Å². The number of rotatable bonds is 10. The number of hydrogen-bond donors (Lipinski definition) is 6. The van der Waals surface area contributed by atoms with Crippen molar-refractivity contribution in [3.05, 3.63) is 0 Å². The number of carboxylic acids is 3. The molecule has 0 fully saturated rings. The van der Waals surface area contributed by atoms with E-state index in [1.807, 2.05) is 21.1 Å². The van der Waals surface area contributed by atoms with Crippen molar-refractivity contribution in [2.45, 2.75) is 43.9 Å². The van der Waals surface area contributed by atoms with Gasteiger partial charge in [0.15, 0.2) is 18.3 Å². The van der Waals surface area contributed by atoms with Crippen LogP contribution in [0.15, 0.2) is 0 Å². The molecular weight excluding hydrogens is 386 g/mol. The number of hydrogen-bond acceptors (Lipinski definition) is 10. The Bertz CT molecular complexity index is 504. The zero-order chi connectivity index (χ0) is 22.8. The summed E-state index contributed by atoms with van der Waals surface area (Å²) in [6.45, 7) is 1.71. The van der Waals surface area contributed by atoms with Gasteiger partial charge in [-0.1, -0.05) is 0 Å². The molecule has 0 saturated carbocycles. The van der Waals surface area contributed by atoms with E-state index < -0.39 is 54.4 Å². The number of aliphatic hydroxyl groups excluding tert-OH is 4. The molecule has 164 valence electrons. The maximum Gasteiger partial charge on any atom is 0.335 e. The molecule has 0 aliphatic rings. The fourth-order valence-corrected chi connectivity index (χ4v) is 1.84. The van der Waals surface area contributed by atoms with Crippen LogP contribution < -0.4 is 5.11 Å². The summed E-state index contributed by atoms with van der Waals surface area (Å²) in [6, 6.07) is 0. The van der Waals surface area contributed by atoms with Crippen LogP contribution in [0, 0.1) is 0 Å². The number of likely N-dealkylation sites (N-methyl/N-ethyl adjacent to an activating group) is 1. The lowest BCUT2D eigenvalue weighted by Crippen LogP contribution is -2.49. The molecule has 0 rings (SSSR count). The second-order valence-corrected chi connectivity index (χ2v) is 6.83. The van der Waals surface area contributed by atoms with Gasteiger partial charge in [-0.05, 0) is 0 Å². The number of ether oxygens (including phenoxy) is 1. The van der Waals surface area contributed by atoms with Crippen LogP contribution >= 0.6 is 0 Å². The SMILES string of the molecule is CC(=O)O[C@H](CC(=O)[O-])C[N+](C)(C)C.O=C(O)[C@@H](O)[C@H](O)[C@H](O)[C@@H](O)C(=O)O. The Balaban J connectivity index is 0. The van der Waals surface area contributed by atoms with Crippen LogP contribution in [-0.2, 0) is 23.9 Å². The summed E-state index contributed by atoms with van der Waals surface area (Å²) in [5.41, 5.74) is 0. The van der Waals surface area contributed by atoms with Crippen molar-refractivity contribution in [2.24, 2.45) is 0 Å². The Hall–Kier alpha value is -2.32. The minimum atomic E-state index is -2.36. The topological polar surface area (TPSA) is 222 Å². The molecule has 5 atom stereocenters. The van der Waals surface area contributed by atoms with E-state index in [1.54, 1.807) is 0 Å². The molecule has 0 aromatic heterocycles. The first-order valence-corrected chi connectivity index (χ1v) is 7.85. The maximum atomic E-state index is 10.7. The van der Waals surface area contributed by atoms with Gasteiger partial charge in [-0.25, -0.2) is 9.59 Å². The third-order valence-electron chi connectivity index (χ3n) is 2.98. The van der Waals surface area contributed by atoms with Crippen molar-refractivity contribution in [2.75, 3.05) is 27.7 Å². The fourth-order valence-electron chi connectivity index (χ4n) is 1.84. The van der Waals surface area contributed by atoms with E-state index in [4.69, 9.17) is 35.4 Å². The quantitative estimate of drug-likeness (QED) is 0.147. The Kier molecular flexibility index (Phi) is 12.2. The first-order chi connectivity index (χ1) is 12.5. The molecule has 0 aromatic carbocycles. The average molecular weight is 413 g/mol. The molecule has 0 radical (unpaired) electrons. The summed E-state index contributed by atoms with van der Waals surface area (Å²) < 4.78 is 5.39. The largest absolute Gasteiger partial charge is 0.550 e. The van der Waals surface area contributed by atoms with Crippen molar-refractivity contribution in [1.82, 2.24) is 0 Å². The van der Waals surface area contributed by atoms with E-state index >= 15 is 0 Å². The summed E-state index contributed by atoms with van der Waals surface area (Å²) in [5.74, 6) is -5.35. The standard InChI is InChI=1S/C9H17NO4.C6H10O8/c1-7(11)14-8(5-9(12)13)6-10(2,3)4;7-1(3(9)5(11)12)2(8)4(10)6(13)14/h8H,5-6H2,1-4H3;1-4,7-10H,(H,11,12)(H,13,14)/t8-;1-,2+,3+,4-/m1./s1. The van der Waals surface area contributed by atoms with E-state index in [-0.39, 0.29) is 6.42 Å². The van der Waals surface area contributed by atoms with Crippen molar-refractivity contribution < 1.29 is 64.1 Å². The molecule has 28 heavy (non-hydrogen) atoms. The summed E-state index contributed by atoms with van der Waals surface area (Å²) >= 11 is 0. The maximum absolute atomic E-state index is 10.7. The summed E-state index contributed by atoms with van der Waals surface area (Å²) in [5, 5.41) is 61.8. The van der Waals surface area contributed by atoms with Crippen molar-refractivity contribution in [1.29, 1.82) is 0 Å². The first kappa shape index (κ1) is 27.9. The highest BCUT2D eigenvalue weighted by atomic mass is 16.5. The van der Waals surface area contributed by atoms with Gasteiger partial charge < -0.3 is 49.8 Å². The molecule has 0 unspecified atom stereocenters. The highest BCUT2D eigenvalue weighted by Crippen LogP contribution is 2.06. The first-order valence-electron chi connectivity index (χ1n) is 7.85. The van der Waals surface area contributed by atoms with E-state index in [9.17, 15) is 24.3 Å². The molecule has 0 aliphatic carbocycles. The van der Waals surface area contributed by atoms with Crippen molar-refractivity contribution >= 4 is 23.9 Å². The van der Waals surface area contributed by atoms with Crippen LogP contribution in [0.5, 0.6) is 0 Å². The minimum absolute atomic E-state index is 0.255. The number of carbonyl (C=O) groups is 4. The molecule has 0 bridgehead atoms. The van der Waals surface area contributed by atoms with E-state index in [2.05, 4.69) is 0 Å². The second-order valence-electron chi connectivity index (χ2n) is 6.83. The van der Waals surface area contributed by atoms with Crippen LogP contribution in [0.2, 0.25) is 0 Å². The second kappa shape index (κ2) is 12.2. The van der Waals surface area contributed by atoms with E-state index in [0.29, 0.717) is 11.0 Å². The van der Waals surface area contributed by atoms with Crippen LogP contribution in [0.25, 0.3) is 0 Å². The number of aliphatic carboxylic acids is 3. The fraction of sp³-hybridized carbons (Fsp3) is 0.733. The Morgan fingerprint density at radius 2 is 1.25 bits per heavy atom. The summed E-state index contributed by atoms with van der Waals surface area (Å²) in [6.07, 6.45) is -10.2. The monoisotopic (exact) mass is 413 g/mol. The molecule has 0 spiro atoms. The number of carbonyl (C=O) groups excluding carboxylic acids is 2. The van der Waals surface area contributed by atoms with Gasteiger partial charge in [-0.15, -0.1) is 0 Å². The third kappa shape index (κ3) is 12.9. The molecule has 0 saturated heterocycles. The van der Waals surface area contributed by atoms with E-state index in [1.165, 1.54) is 6.92 Å². The molecule has 0 heterocycles. The molecule has 0 amide bonds. The predicted octanol–water partition coefficient (Wildman–Crippen LogP) is -4.64. The number of aliphatic hydroxyl groups is 4. The van der Waals surface area contributed by atoms with Gasteiger partial charge in [0.25, 0.3) is 0 Å². The van der Waals surface area contributed by atoms with Gasteiger partial charge in [0.05, 0.1) is 21.1 Å². The van der Waals surface area contributed by atoms with Crippen LogP contribution in [0.3, 0.4) is 0 Å². The zero-order valence-electron chi connectivity index (χ0n) is 15.9. The smallest absolute Gasteiger partial charge is 0.335 e. The Labute approximate surface area is 160 Å². The van der Waals surface area contributed by atoms with Gasteiger partial charge in [0.2, 0.25) is 0 Å². The van der Waals surface area contributed by atoms with Gasteiger partial charge in [0.1, 0.15) is 18.8 Å². The van der Waals surface area contributed by atoms with Gasteiger partial charge in [-0.2, -0.15) is 0 Å². The molecule has 13 heteroatoms. The molecule has 0 aromatic rings. The Morgan fingerprint density at radius 3 is 1.46 bits per heavy atom. The summed E-state index contributed by atoms with van der Waals surface area (Å²) in [4.78, 5) is 41.2. The highest BCUT2D eigenvalue weighted by molar-refractivity contribution is 5.75. The van der Waals surface area contributed by atoms with Gasteiger partial charge in [0, 0.05) is 19.3 Å². The molecule has 6 N–H and O–H groups in total. The van der Waals surface area contributed by atoms with Gasteiger partial charge in [-0.3, -0.25) is 4.79 Å². The van der Waals surface area contributed by atoms with Gasteiger partial charge >= 0.3 is 17.9 Å². The van der Waals surface area contributed by atoms with Crippen molar-refractivity contribution in [3.8, 4) is 0 Å². The van der Waals surface area contributed by atoms with Crippen LogP contribution in [0.1, 0.15) is 13.3 Å². The number of nitrogens with zero attached hydrogens (tertiary/aromatic N) is 1. The van der Waals surface area contributed by atoms with E-state index in [0.717, 1.165) is 0 Å². The Morgan fingerprint density at radius 1 is 0.893 bits per heavy atom. The number of esters is 1. The van der Waals surface area contributed by atoms with Crippen LogP contribution in [-0.4, -0.2) is 117 Å². The number of carboxylic acid groups (broad SMARTS) is 3. The molecular formula is C15H27NO12. The zero-order valence-corrected chi connectivity index (χ0v) is 15.9. The third-order valence-corrected chi connectivity index (χ3v) is 2.98.